The van der Waals surface area contributed by atoms with Crippen molar-refractivity contribution in [1.29, 1.82) is 0 Å². The minimum Gasteiger partial charge on any atom is -0.462 e. The van der Waals surface area contributed by atoms with Crippen LogP contribution in [0.15, 0.2) is 12.2 Å². The van der Waals surface area contributed by atoms with Crippen LogP contribution in [0.25, 0.3) is 0 Å². The van der Waals surface area contributed by atoms with Gasteiger partial charge >= 0.3 is 19.8 Å². The van der Waals surface area contributed by atoms with Crippen LogP contribution in [0.2, 0.25) is 0 Å². The number of allylic oxidation sites excluding steroid dienone is 2. The number of carbonyl (C=O) groups excluding carboxylic acids is 2. The first-order chi connectivity index (χ1) is 26.0. The predicted molar refractivity (Wildman–Crippen MR) is 224 cm³/mol. The lowest BCUT2D eigenvalue weighted by Crippen LogP contribution is -2.37. The van der Waals surface area contributed by atoms with Gasteiger partial charge in [0.2, 0.25) is 0 Å². The molecule has 1 N–H and O–H groups in total. The Morgan fingerprint density at radius 3 is 1.37 bits per heavy atom. The fourth-order valence-electron chi connectivity index (χ4n) is 6.24. The van der Waals surface area contributed by atoms with Crippen LogP contribution in [0.1, 0.15) is 206 Å². The maximum Gasteiger partial charge on any atom is 0.472 e. The van der Waals surface area contributed by atoms with E-state index in [0.717, 1.165) is 51.4 Å². The minimum absolute atomic E-state index is 0.0336. The molecule has 0 aromatic rings. The second-order valence-electron chi connectivity index (χ2n) is 16.4. The molecular weight excluding hydrogens is 701 g/mol. The Bertz CT molecular complexity index is 938. The Hall–Kier alpha value is -1.25. The van der Waals surface area contributed by atoms with E-state index in [1.165, 1.54) is 122 Å². The largest absolute Gasteiger partial charge is 0.472 e. The summed E-state index contributed by atoms with van der Waals surface area (Å²) >= 11 is 0. The van der Waals surface area contributed by atoms with Crippen molar-refractivity contribution < 1.29 is 42.1 Å². The van der Waals surface area contributed by atoms with Gasteiger partial charge in [0.15, 0.2) is 6.10 Å². The molecule has 0 aliphatic heterocycles. The summed E-state index contributed by atoms with van der Waals surface area (Å²) < 4.78 is 34.3. The number of phosphoric ester groups is 1. The number of unbranched alkanes of at least 4 members (excludes halogenated alkanes) is 25. The molecule has 10 heteroatoms. The van der Waals surface area contributed by atoms with Crippen LogP contribution in [0.4, 0.5) is 0 Å². The third-order valence-electron chi connectivity index (χ3n) is 9.80. The zero-order valence-corrected chi connectivity index (χ0v) is 36.9. The molecule has 0 amide bonds. The molecule has 0 spiro atoms. The van der Waals surface area contributed by atoms with Crippen molar-refractivity contribution >= 4 is 19.8 Å². The molecule has 0 saturated heterocycles. The monoisotopic (exact) mass is 789 g/mol. The van der Waals surface area contributed by atoms with Crippen LogP contribution in [-0.2, 0) is 32.7 Å². The van der Waals surface area contributed by atoms with E-state index in [9.17, 15) is 19.0 Å². The lowest BCUT2D eigenvalue weighted by atomic mass is 10.0. The summed E-state index contributed by atoms with van der Waals surface area (Å²) in [6.07, 6.45) is 38.2. The quantitative estimate of drug-likeness (QED) is 0.0214. The summed E-state index contributed by atoms with van der Waals surface area (Å²) in [5, 5.41) is 0. The van der Waals surface area contributed by atoms with Gasteiger partial charge in [-0.25, -0.2) is 4.57 Å². The molecule has 0 aromatic heterocycles. The van der Waals surface area contributed by atoms with Crippen LogP contribution in [-0.4, -0.2) is 74.9 Å². The summed E-state index contributed by atoms with van der Waals surface area (Å²) in [7, 11) is 1.48. The number of nitrogens with zero attached hydrogens (tertiary/aromatic N) is 1. The second-order valence-corrected chi connectivity index (χ2v) is 17.9. The normalized spacial score (nSPS) is 13.7. The van der Waals surface area contributed by atoms with Gasteiger partial charge in [0.25, 0.3) is 0 Å². The van der Waals surface area contributed by atoms with E-state index in [1.807, 2.05) is 21.1 Å². The van der Waals surface area contributed by atoms with E-state index in [2.05, 4.69) is 26.0 Å². The van der Waals surface area contributed by atoms with E-state index in [0.29, 0.717) is 17.4 Å². The molecule has 0 saturated carbocycles. The molecule has 0 rings (SSSR count). The number of esters is 2. The SMILES string of the molecule is CCCCCCCC/C=C/CCCCCCCC(=O)OC[C@H](COP(=O)(O)OCC[N+](C)(C)C)OC(=O)CCCCCCCCCCCCCCCCC. The highest BCUT2D eigenvalue weighted by Gasteiger charge is 2.27. The lowest BCUT2D eigenvalue weighted by molar-refractivity contribution is -0.870. The van der Waals surface area contributed by atoms with Crippen LogP contribution in [0, 0.1) is 0 Å². The van der Waals surface area contributed by atoms with Crippen molar-refractivity contribution in [2.75, 3.05) is 47.5 Å². The number of quaternary nitrogens is 1. The number of phosphoric acid groups is 1. The highest BCUT2D eigenvalue weighted by atomic mass is 31.2. The van der Waals surface area contributed by atoms with E-state index in [4.69, 9.17) is 18.5 Å². The third kappa shape index (κ3) is 40.4. The number of likely N-dealkylation sites (N-methyl/N-ethyl adjacent to an activating group) is 1. The molecule has 0 heterocycles. The summed E-state index contributed by atoms with van der Waals surface area (Å²) in [6, 6.07) is 0. The Kier molecular flexibility index (Phi) is 36.5. The van der Waals surface area contributed by atoms with Gasteiger partial charge in [-0.3, -0.25) is 18.6 Å². The molecule has 0 aliphatic rings. The highest BCUT2D eigenvalue weighted by molar-refractivity contribution is 7.47. The van der Waals surface area contributed by atoms with Crippen molar-refractivity contribution in [2.45, 2.75) is 213 Å². The van der Waals surface area contributed by atoms with E-state index in [-0.39, 0.29) is 32.0 Å². The van der Waals surface area contributed by atoms with E-state index < -0.39 is 26.5 Å². The Morgan fingerprint density at radius 1 is 0.556 bits per heavy atom. The summed E-state index contributed by atoms with van der Waals surface area (Å²) in [4.78, 5) is 35.3. The molecule has 0 bridgehead atoms. The standard InChI is InChI=1S/C44H86NO8P/c1-6-8-10-12-14-16-18-20-22-24-26-28-30-32-34-36-43(46)50-40-42(41-52-54(48,49)51-39-38-45(3,4)5)53-44(47)37-35-33-31-29-27-25-23-21-19-17-15-13-11-9-7-2/h20,22,42H,6-19,21,23-41H2,1-5H3/p+1/b22-20+/t42-/m1/s1. The van der Waals surface area contributed by atoms with Gasteiger partial charge in [-0.15, -0.1) is 0 Å². The van der Waals surface area contributed by atoms with Crippen molar-refractivity contribution in [2.24, 2.45) is 0 Å². The van der Waals surface area contributed by atoms with Gasteiger partial charge in [0.05, 0.1) is 27.7 Å². The molecule has 320 valence electrons. The average molecular weight is 789 g/mol. The van der Waals surface area contributed by atoms with Crippen LogP contribution in [0.3, 0.4) is 0 Å². The maximum atomic E-state index is 12.7. The molecular formula is C44H87NO8P+. The Labute approximate surface area is 333 Å². The van der Waals surface area contributed by atoms with Gasteiger partial charge in [0, 0.05) is 12.8 Å². The first-order valence-electron chi connectivity index (χ1n) is 22.4. The summed E-state index contributed by atoms with van der Waals surface area (Å²) in [6.45, 7) is 4.43. The van der Waals surface area contributed by atoms with Crippen LogP contribution in [0.5, 0.6) is 0 Å². The van der Waals surface area contributed by atoms with Crippen molar-refractivity contribution in [3.05, 3.63) is 12.2 Å². The lowest BCUT2D eigenvalue weighted by Gasteiger charge is -2.24. The fourth-order valence-corrected chi connectivity index (χ4v) is 6.99. The van der Waals surface area contributed by atoms with Crippen molar-refractivity contribution in [3.63, 3.8) is 0 Å². The summed E-state index contributed by atoms with van der Waals surface area (Å²) in [5.74, 6) is -0.798. The highest BCUT2D eigenvalue weighted by Crippen LogP contribution is 2.43. The first kappa shape index (κ1) is 52.8. The molecule has 0 radical (unpaired) electrons. The van der Waals surface area contributed by atoms with Crippen molar-refractivity contribution in [1.82, 2.24) is 0 Å². The first-order valence-corrected chi connectivity index (χ1v) is 23.9. The molecule has 0 aliphatic carbocycles. The molecule has 54 heavy (non-hydrogen) atoms. The van der Waals surface area contributed by atoms with Gasteiger partial charge < -0.3 is 18.9 Å². The Balaban J connectivity index is 4.34. The van der Waals surface area contributed by atoms with Crippen LogP contribution < -0.4 is 0 Å². The molecule has 0 fully saturated rings. The topological polar surface area (TPSA) is 108 Å². The van der Waals surface area contributed by atoms with Gasteiger partial charge in [-0.05, 0) is 38.5 Å². The van der Waals surface area contributed by atoms with Gasteiger partial charge in [-0.2, -0.15) is 0 Å². The average Bonchev–Trinajstić information content (AvgIpc) is 3.12. The molecule has 9 nitrogen and oxygen atoms in total. The Morgan fingerprint density at radius 2 is 0.944 bits per heavy atom. The minimum atomic E-state index is -4.37. The number of carbonyl (C=O) groups is 2. The molecule has 0 aromatic carbocycles. The number of hydrogen-bond donors (Lipinski definition) is 1. The fraction of sp³-hybridized carbons (Fsp3) is 0.909. The van der Waals surface area contributed by atoms with E-state index in [1.54, 1.807) is 0 Å². The zero-order valence-electron chi connectivity index (χ0n) is 36.0. The van der Waals surface area contributed by atoms with Crippen molar-refractivity contribution in [3.8, 4) is 0 Å². The van der Waals surface area contributed by atoms with E-state index >= 15 is 0 Å². The second kappa shape index (κ2) is 37.3. The smallest absolute Gasteiger partial charge is 0.462 e. The molecule has 1 unspecified atom stereocenters. The maximum absolute atomic E-state index is 12.7. The number of rotatable bonds is 41. The number of ether oxygens (including phenoxy) is 2. The third-order valence-corrected chi connectivity index (χ3v) is 10.8. The van der Waals surface area contributed by atoms with Gasteiger partial charge in [-0.1, -0.05) is 167 Å². The number of hydrogen-bond acceptors (Lipinski definition) is 7. The predicted octanol–water partition coefficient (Wildman–Crippen LogP) is 12.6. The summed E-state index contributed by atoms with van der Waals surface area (Å²) in [5.41, 5.74) is 0. The zero-order chi connectivity index (χ0) is 40.0. The van der Waals surface area contributed by atoms with Crippen LogP contribution >= 0.6 is 7.82 Å². The molecule has 2 atom stereocenters. The van der Waals surface area contributed by atoms with Gasteiger partial charge in [0.1, 0.15) is 19.8 Å².